The van der Waals surface area contributed by atoms with Crippen LogP contribution < -0.4 is 33.2 Å². The largest absolute Gasteiger partial charge is 0.480 e. The van der Waals surface area contributed by atoms with Crippen LogP contribution in [0.25, 0.3) is 0 Å². The normalized spacial score (nSPS) is 13.7. The van der Waals surface area contributed by atoms with Crippen LogP contribution >= 0.6 is 0 Å². The van der Waals surface area contributed by atoms with Gasteiger partial charge in [-0.3, -0.25) is 19.4 Å². The molecule has 0 bridgehead atoms. The Kier molecular flexibility index (Phi) is 11.9. The van der Waals surface area contributed by atoms with E-state index in [9.17, 15) is 19.2 Å². The Morgan fingerprint density at radius 2 is 1.59 bits per heavy atom. The van der Waals surface area contributed by atoms with Crippen molar-refractivity contribution >= 4 is 29.7 Å². The fourth-order valence-corrected chi connectivity index (χ4v) is 2.26. The molecule has 0 aromatic carbocycles. The zero-order valence-electron chi connectivity index (χ0n) is 16.6. The Hall–Kier alpha value is -2.93. The SMILES string of the molecule is CC(C)C(NC(=O)CN)C(=O)NC(CCCN=C(N)N)C(=O)NC(CO)C(=O)O. The predicted octanol–water partition coefficient (Wildman–Crippen LogP) is -3.81. The van der Waals surface area contributed by atoms with Gasteiger partial charge in [0.1, 0.15) is 18.1 Å². The van der Waals surface area contributed by atoms with Crippen LogP contribution in [0.4, 0.5) is 0 Å². The lowest BCUT2D eigenvalue weighted by Gasteiger charge is -2.25. The summed E-state index contributed by atoms with van der Waals surface area (Å²) in [6.45, 7) is 2.44. The highest BCUT2D eigenvalue weighted by Gasteiger charge is 2.30. The molecule has 0 aliphatic rings. The zero-order chi connectivity index (χ0) is 22.6. The van der Waals surface area contributed by atoms with Crippen molar-refractivity contribution in [3.63, 3.8) is 0 Å². The van der Waals surface area contributed by atoms with Crippen molar-refractivity contribution in [3.8, 4) is 0 Å². The van der Waals surface area contributed by atoms with Crippen LogP contribution in [0.1, 0.15) is 26.7 Å². The van der Waals surface area contributed by atoms with Gasteiger partial charge in [-0.1, -0.05) is 13.8 Å². The second-order valence-corrected chi connectivity index (χ2v) is 6.59. The molecule has 13 heteroatoms. The lowest BCUT2D eigenvalue weighted by atomic mass is 10.0. The first-order chi connectivity index (χ1) is 13.5. The van der Waals surface area contributed by atoms with Crippen LogP contribution in [-0.4, -0.2) is 77.7 Å². The number of aliphatic hydroxyl groups is 1. The van der Waals surface area contributed by atoms with Gasteiger partial charge in [-0.2, -0.15) is 0 Å². The Balaban J connectivity index is 5.30. The lowest BCUT2D eigenvalue weighted by molar-refractivity contribution is -0.143. The summed E-state index contributed by atoms with van der Waals surface area (Å²) < 4.78 is 0. The molecule has 0 fully saturated rings. The molecule has 166 valence electrons. The molecule has 0 saturated heterocycles. The maximum atomic E-state index is 12.6. The molecule has 3 unspecified atom stereocenters. The number of aliphatic carboxylic acids is 1. The van der Waals surface area contributed by atoms with Crippen molar-refractivity contribution in [2.45, 2.75) is 44.8 Å². The first-order valence-corrected chi connectivity index (χ1v) is 9.02. The van der Waals surface area contributed by atoms with Crippen molar-refractivity contribution in [2.75, 3.05) is 19.7 Å². The van der Waals surface area contributed by atoms with Crippen LogP contribution in [0.5, 0.6) is 0 Å². The van der Waals surface area contributed by atoms with E-state index in [0.717, 1.165) is 0 Å². The second kappa shape index (κ2) is 13.3. The summed E-state index contributed by atoms with van der Waals surface area (Å²) in [5.74, 6) is -3.86. The molecule has 0 aliphatic heterocycles. The average molecular weight is 417 g/mol. The smallest absolute Gasteiger partial charge is 0.328 e. The van der Waals surface area contributed by atoms with E-state index in [1.807, 2.05) is 0 Å². The molecule has 13 nitrogen and oxygen atoms in total. The summed E-state index contributed by atoms with van der Waals surface area (Å²) in [5, 5.41) is 25.2. The predicted molar refractivity (Wildman–Crippen MR) is 104 cm³/mol. The molecule has 0 aromatic heterocycles. The fourth-order valence-electron chi connectivity index (χ4n) is 2.26. The summed E-state index contributed by atoms with van der Waals surface area (Å²) in [7, 11) is 0. The molecular formula is C16H31N7O6. The number of hydrogen-bond donors (Lipinski definition) is 8. The summed E-state index contributed by atoms with van der Waals surface area (Å²) in [4.78, 5) is 51.4. The van der Waals surface area contributed by atoms with Crippen molar-refractivity contribution in [3.05, 3.63) is 0 Å². The van der Waals surface area contributed by atoms with Gasteiger partial charge in [0.25, 0.3) is 0 Å². The molecule has 0 heterocycles. The summed E-state index contributed by atoms with van der Waals surface area (Å²) in [6.07, 6.45) is 0.385. The number of rotatable bonds is 13. The number of carbonyl (C=O) groups excluding carboxylic acids is 3. The Morgan fingerprint density at radius 3 is 2.03 bits per heavy atom. The summed E-state index contributed by atoms with van der Waals surface area (Å²) in [6, 6.07) is -3.62. The third kappa shape index (κ3) is 10.3. The number of nitrogens with one attached hydrogen (secondary N) is 3. The van der Waals surface area contributed by atoms with Gasteiger partial charge in [-0.15, -0.1) is 0 Å². The average Bonchev–Trinajstić information content (AvgIpc) is 2.64. The first kappa shape index (κ1) is 26.1. The molecule has 0 radical (unpaired) electrons. The number of amides is 3. The van der Waals surface area contributed by atoms with E-state index in [1.165, 1.54) is 0 Å². The molecule has 3 amide bonds. The van der Waals surface area contributed by atoms with Crippen molar-refractivity contribution in [2.24, 2.45) is 28.1 Å². The number of carboxylic acids is 1. The molecule has 0 spiro atoms. The van der Waals surface area contributed by atoms with Gasteiger partial charge in [0, 0.05) is 6.54 Å². The fraction of sp³-hybridized carbons (Fsp3) is 0.688. The third-order valence-electron chi connectivity index (χ3n) is 3.83. The van der Waals surface area contributed by atoms with E-state index in [1.54, 1.807) is 13.8 Å². The number of carboxylic acid groups (broad SMARTS) is 1. The van der Waals surface area contributed by atoms with E-state index < -0.39 is 48.4 Å². The van der Waals surface area contributed by atoms with E-state index in [0.29, 0.717) is 6.42 Å². The van der Waals surface area contributed by atoms with Gasteiger partial charge in [-0.25, -0.2) is 4.79 Å². The molecule has 0 saturated carbocycles. The van der Waals surface area contributed by atoms with E-state index >= 15 is 0 Å². The quantitative estimate of drug-likeness (QED) is 0.0831. The highest BCUT2D eigenvalue weighted by Crippen LogP contribution is 2.05. The molecule has 0 aromatic rings. The number of nitrogens with zero attached hydrogens (tertiary/aromatic N) is 1. The van der Waals surface area contributed by atoms with Crippen LogP contribution in [0.15, 0.2) is 4.99 Å². The minimum atomic E-state index is -1.53. The number of guanidine groups is 1. The van der Waals surface area contributed by atoms with Crippen molar-refractivity contribution in [1.82, 2.24) is 16.0 Å². The van der Waals surface area contributed by atoms with Crippen LogP contribution in [0, 0.1) is 5.92 Å². The topological polar surface area (TPSA) is 235 Å². The summed E-state index contributed by atoms with van der Waals surface area (Å²) >= 11 is 0. The molecule has 11 N–H and O–H groups in total. The van der Waals surface area contributed by atoms with Gasteiger partial charge in [0.2, 0.25) is 17.7 Å². The van der Waals surface area contributed by atoms with E-state index in [-0.39, 0.29) is 31.4 Å². The number of carbonyl (C=O) groups is 4. The van der Waals surface area contributed by atoms with Crippen molar-refractivity contribution < 1.29 is 29.4 Å². The highest BCUT2D eigenvalue weighted by molar-refractivity contribution is 5.93. The second-order valence-electron chi connectivity index (χ2n) is 6.59. The molecule has 3 atom stereocenters. The van der Waals surface area contributed by atoms with Gasteiger partial charge < -0.3 is 43.4 Å². The van der Waals surface area contributed by atoms with E-state index in [2.05, 4.69) is 20.9 Å². The van der Waals surface area contributed by atoms with Crippen LogP contribution in [0.2, 0.25) is 0 Å². The molecule has 0 rings (SSSR count). The lowest BCUT2D eigenvalue weighted by Crippen LogP contribution is -2.57. The van der Waals surface area contributed by atoms with Gasteiger partial charge >= 0.3 is 5.97 Å². The molecule has 0 aliphatic carbocycles. The van der Waals surface area contributed by atoms with Gasteiger partial charge in [0.05, 0.1) is 13.2 Å². The highest BCUT2D eigenvalue weighted by atomic mass is 16.4. The Labute approximate surface area is 168 Å². The zero-order valence-corrected chi connectivity index (χ0v) is 16.6. The Bertz CT molecular complexity index is 607. The van der Waals surface area contributed by atoms with Crippen LogP contribution in [-0.2, 0) is 19.2 Å². The molecular weight excluding hydrogens is 386 g/mol. The van der Waals surface area contributed by atoms with Gasteiger partial charge in [-0.05, 0) is 18.8 Å². The monoisotopic (exact) mass is 417 g/mol. The van der Waals surface area contributed by atoms with Gasteiger partial charge in [0.15, 0.2) is 5.96 Å². The third-order valence-corrected chi connectivity index (χ3v) is 3.83. The minimum absolute atomic E-state index is 0.0851. The molecule has 29 heavy (non-hydrogen) atoms. The minimum Gasteiger partial charge on any atom is -0.480 e. The number of nitrogens with two attached hydrogens (primary N) is 3. The maximum absolute atomic E-state index is 12.6. The number of aliphatic hydroxyl groups excluding tert-OH is 1. The van der Waals surface area contributed by atoms with Crippen LogP contribution in [0.3, 0.4) is 0 Å². The number of hydrogen-bond acceptors (Lipinski definition) is 7. The van der Waals surface area contributed by atoms with E-state index in [4.69, 9.17) is 27.4 Å². The number of aliphatic imine (C=N–C) groups is 1. The van der Waals surface area contributed by atoms with Crippen molar-refractivity contribution in [1.29, 1.82) is 0 Å². The first-order valence-electron chi connectivity index (χ1n) is 9.02. The Morgan fingerprint density at radius 1 is 1.00 bits per heavy atom. The summed E-state index contributed by atoms with van der Waals surface area (Å²) in [5.41, 5.74) is 15.7. The standard InChI is InChI=1S/C16H31N7O6/c1-8(2)12(23-11(25)6-17)14(27)21-9(4-3-5-20-16(18)19)13(26)22-10(7-24)15(28)29/h8-10,12,24H,3-7,17H2,1-2H3,(H,21,27)(H,22,26)(H,23,25)(H,28,29)(H4,18,19,20). The maximum Gasteiger partial charge on any atom is 0.328 e.